The lowest BCUT2D eigenvalue weighted by Crippen LogP contribution is -2.49. The van der Waals surface area contributed by atoms with E-state index in [0.29, 0.717) is 5.92 Å². The lowest BCUT2D eigenvalue weighted by molar-refractivity contribution is -0.128. The molecule has 1 N–H and O–H groups in total. The van der Waals surface area contributed by atoms with Gasteiger partial charge in [-0.25, -0.2) is 0 Å². The van der Waals surface area contributed by atoms with Crippen LogP contribution in [0, 0.1) is 0 Å². The minimum absolute atomic E-state index is 0.0977. The van der Waals surface area contributed by atoms with Gasteiger partial charge >= 0.3 is 0 Å². The first-order valence-electron chi connectivity index (χ1n) is 8.90. The molecule has 2 aromatic rings. The molecule has 134 valence electrons. The number of ether oxygens (including phenoxy) is 1. The van der Waals surface area contributed by atoms with Crippen molar-refractivity contribution in [3.05, 3.63) is 65.7 Å². The molecule has 0 heterocycles. The van der Waals surface area contributed by atoms with Gasteiger partial charge in [-0.1, -0.05) is 62.4 Å². The average molecular weight is 339 g/mol. The molecule has 1 amide bonds. The fourth-order valence-corrected chi connectivity index (χ4v) is 2.89. The molecule has 3 heteroatoms. The van der Waals surface area contributed by atoms with E-state index in [4.69, 9.17) is 4.74 Å². The first kappa shape index (κ1) is 19.0. The number of hydrogen-bond donors (Lipinski definition) is 1. The summed E-state index contributed by atoms with van der Waals surface area (Å²) in [4.78, 5) is 12.6. The van der Waals surface area contributed by atoms with Crippen LogP contribution >= 0.6 is 0 Å². The molecule has 1 atom stereocenters. The Hall–Kier alpha value is -2.29. The van der Waals surface area contributed by atoms with Gasteiger partial charge in [0.1, 0.15) is 5.75 Å². The van der Waals surface area contributed by atoms with Crippen LogP contribution in [0.5, 0.6) is 5.75 Å². The molecule has 0 radical (unpaired) electrons. The van der Waals surface area contributed by atoms with E-state index in [-0.39, 0.29) is 11.4 Å². The Balaban J connectivity index is 2.00. The molecule has 0 aromatic heterocycles. The number of carbonyl (C=O) groups is 1. The summed E-state index contributed by atoms with van der Waals surface area (Å²) in [5, 5.41) is 3.11. The molecule has 0 aliphatic carbocycles. The maximum atomic E-state index is 12.6. The number of benzene rings is 2. The van der Waals surface area contributed by atoms with Crippen LogP contribution in [0.15, 0.2) is 54.6 Å². The molecule has 0 fully saturated rings. The zero-order valence-corrected chi connectivity index (χ0v) is 15.9. The van der Waals surface area contributed by atoms with Gasteiger partial charge in [-0.15, -0.1) is 0 Å². The Kier molecular flexibility index (Phi) is 6.24. The van der Waals surface area contributed by atoms with Crippen LogP contribution in [-0.2, 0) is 11.2 Å². The smallest absolute Gasteiger partial charge is 0.261 e. The standard InChI is InChI=1S/C22H29NO2/c1-16(2)19-13-9-10-14-20(19)25-17(3)21(24)23-22(4,5)15-18-11-7-6-8-12-18/h6-14,16-17H,15H2,1-5H3,(H,23,24)/t17-/m0/s1. The Morgan fingerprint density at radius 3 is 2.24 bits per heavy atom. The first-order chi connectivity index (χ1) is 11.8. The van der Waals surface area contributed by atoms with Gasteiger partial charge in [0.2, 0.25) is 0 Å². The molecule has 2 rings (SSSR count). The number of amides is 1. The quantitative estimate of drug-likeness (QED) is 0.793. The molecular formula is C22H29NO2. The second kappa shape index (κ2) is 8.19. The number of carbonyl (C=O) groups excluding carboxylic acids is 1. The van der Waals surface area contributed by atoms with Crippen molar-refractivity contribution in [2.45, 2.75) is 58.6 Å². The van der Waals surface area contributed by atoms with Crippen molar-refractivity contribution in [3.63, 3.8) is 0 Å². The third-order valence-electron chi connectivity index (χ3n) is 4.16. The topological polar surface area (TPSA) is 38.3 Å². The lowest BCUT2D eigenvalue weighted by Gasteiger charge is -2.28. The van der Waals surface area contributed by atoms with Crippen molar-refractivity contribution in [3.8, 4) is 5.75 Å². The third-order valence-corrected chi connectivity index (χ3v) is 4.16. The zero-order valence-electron chi connectivity index (χ0n) is 15.9. The van der Waals surface area contributed by atoms with Gasteiger partial charge in [0, 0.05) is 5.54 Å². The van der Waals surface area contributed by atoms with Gasteiger partial charge < -0.3 is 10.1 Å². The maximum absolute atomic E-state index is 12.6. The Bertz CT molecular complexity index is 692. The van der Waals surface area contributed by atoms with Crippen LogP contribution in [-0.4, -0.2) is 17.6 Å². The minimum Gasteiger partial charge on any atom is -0.481 e. The monoisotopic (exact) mass is 339 g/mol. The van der Waals surface area contributed by atoms with E-state index in [1.165, 1.54) is 5.56 Å². The molecule has 0 unspecified atom stereocenters. The molecule has 0 saturated carbocycles. The largest absolute Gasteiger partial charge is 0.481 e. The maximum Gasteiger partial charge on any atom is 0.261 e. The van der Waals surface area contributed by atoms with Crippen molar-refractivity contribution in [2.75, 3.05) is 0 Å². The molecule has 0 aliphatic heterocycles. The number of nitrogens with one attached hydrogen (secondary N) is 1. The van der Waals surface area contributed by atoms with Gasteiger partial charge in [-0.05, 0) is 50.3 Å². The summed E-state index contributed by atoms with van der Waals surface area (Å²) in [6.07, 6.45) is 0.226. The van der Waals surface area contributed by atoms with E-state index in [9.17, 15) is 4.79 Å². The number of para-hydroxylation sites is 1. The van der Waals surface area contributed by atoms with Crippen molar-refractivity contribution in [1.29, 1.82) is 0 Å². The zero-order chi connectivity index (χ0) is 18.4. The predicted octanol–water partition coefficient (Wildman–Crippen LogP) is 4.71. The summed E-state index contributed by atoms with van der Waals surface area (Å²) >= 11 is 0. The van der Waals surface area contributed by atoms with Crippen LogP contribution in [0.3, 0.4) is 0 Å². The van der Waals surface area contributed by atoms with Gasteiger partial charge in [0.25, 0.3) is 5.91 Å². The van der Waals surface area contributed by atoms with Crippen molar-refractivity contribution >= 4 is 5.91 Å². The van der Waals surface area contributed by atoms with E-state index < -0.39 is 6.10 Å². The Morgan fingerprint density at radius 2 is 1.60 bits per heavy atom. The highest BCUT2D eigenvalue weighted by molar-refractivity contribution is 5.81. The summed E-state index contributed by atoms with van der Waals surface area (Å²) in [7, 11) is 0. The molecule has 3 nitrogen and oxygen atoms in total. The van der Waals surface area contributed by atoms with E-state index in [0.717, 1.165) is 17.7 Å². The summed E-state index contributed by atoms with van der Waals surface area (Å²) in [5.41, 5.74) is 1.98. The minimum atomic E-state index is -0.546. The Morgan fingerprint density at radius 1 is 1.00 bits per heavy atom. The summed E-state index contributed by atoms with van der Waals surface area (Å²) in [5.74, 6) is 1.03. The number of hydrogen-bond acceptors (Lipinski definition) is 2. The van der Waals surface area contributed by atoms with Gasteiger partial charge in [0.05, 0.1) is 0 Å². The molecule has 0 bridgehead atoms. The normalized spacial score (nSPS) is 12.7. The second-order valence-electron chi connectivity index (χ2n) is 7.49. The van der Waals surface area contributed by atoms with Crippen LogP contribution < -0.4 is 10.1 Å². The third kappa shape index (κ3) is 5.63. The van der Waals surface area contributed by atoms with Crippen LogP contribution in [0.1, 0.15) is 51.7 Å². The van der Waals surface area contributed by atoms with Gasteiger partial charge in [-0.2, -0.15) is 0 Å². The predicted molar refractivity (Wildman–Crippen MR) is 103 cm³/mol. The molecule has 0 aliphatic rings. The van der Waals surface area contributed by atoms with Crippen LogP contribution in [0.25, 0.3) is 0 Å². The number of rotatable bonds is 7. The Labute approximate surface area is 151 Å². The summed E-state index contributed by atoms with van der Waals surface area (Å²) in [6.45, 7) is 10.1. The summed E-state index contributed by atoms with van der Waals surface area (Å²) in [6, 6.07) is 18.1. The highest BCUT2D eigenvalue weighted by atomic mass is 16.5. The molecular weight excluding hydrogens is 310 g/mol. The molecule has 0 saturated heterocycles. The van der Waals surface area contributed by atoms with Crippen LogP contribution in [0.2, 0.25) is 0 Å². The van der Waals surface area contributed by atoms with Crippen LogP contribution in [0.4, 0.5) is 0 Å². The highest BCUT2D eigenvalue weighted by Crippen LogP contribution is 2.26. The fourth-order valence-electron chi connectivity index (χ4n) is 2.89. The molecule has 25 heavy (non-hydrogen) atoms. The van der Waals surface area contributed by atoms with Crippen molar-refractivity contribution in [1.82, 2.24) is 5.32 Å². The first-order valence-corrected chi connectivity index (χ1v) is 8.90. The van der Waals surface area contributed by atoms with E-state index in [1.54, 1.807) is 6.92 Å². The van der Waals surface area contributed by atoms with Crippen molar-refractivity contribution in [2.24, 2.45) is 0 Å². The van der Waals surface area contributed by atoms with Gasteiger partial charge in [0.15, 0.2) is 6.10 Å². The van der Waals surface area contributed by atoms with Gasteiger partial charge in [-0.3, -0.25) is 4.79 Å². The molecule has 2 aromatic carbocycles. The molecule has 0 spiro atoms. The average Bonchev–Trinajstić information content (AvgIpc) is 2.55. The SMILES string of the molecule is CC(C)c1ccccc1O[C@@H](C)C(=O)NC(C)(C)Cc1ccccc1. The summed E-state index contributed by atoms with van der Waals surface area (Å²) < 4.78 is 5.95. The van der Waals surface area contributed by atoms with E-state index in [1.807, 2.05) is 56.3 Å². The van der Waals surface area contributed by atoms with E-state index >= 15 is 0 Å². The van der Waals surface area contributed by atoms with E-state index in [2.05, 4.69) is 31.3 Å². The van der Waals surface area contributed by atoms with Crippen molar-refractivity contribution < 1.29 is 9.53 Å². The fraction of sp³-hybridized carbons (Fsp3) is 0.409. The second-order valence-corrected chi connectivity index (χ2v) is 7.49. The lowest BCUT2D eigenvalue weighted by atomic mass is 9.94. The highest BCUT2D eigenvalue weighted by Gasteiger charge is 2.25.